The van der Waals surface area contributed by atoms with Crippen LogP contribution in [-0.2, 0) is 5.33 Å². The highest BCUT2D eigenvalue weighted by molar-refractivity contribution is 14.1. The van der Waals surface area contributed by atoms with Gasteiger partial charge in [0, 0.05) is 20.5 Å². The second-order valence-electron chi connectivity index (χ2n) is 2.16. The molecule has 0 aromatic heterocycles. The molecule has 12 heavy (non-hydrogen) atoms. The lowest BCUT2D eigenvalue weighted by atomic mass is 10.2. The predicted molar refractivity (Wildman–Crippen MR) is 58.4 cm³/mol. The molecule has 0 heterocycles. The summed E-state index contributed by atoms with van der Waals surface area (Å²) in [6.07, 6.45) is 0. The van der Waals surface area contributed by atoms with Gasteiger partial charge in [0.05, 0.1) is 4.92 Å². The molecule has 0 saturated heterocycles. The van der Waals surface area contributed by atoms with E-state index in [1.807, 2.05) is 0 Å². The number of rotatable bonds is 2. The van der Waals surface area contributed by atoms with Crippen LogP contribution in [0, 0.1) is 13.7 Å². The van der Waals surface area contributed by atoms with Crippen molar-refractivity contribution in [3.05, 3.63) is 37.4 Å². The van der Waals surface area contributed by atoms with E-state index < -0.39 is 0 Å². The van der Waals surface area contributed by atoms with Crippen LogP contribution >= 0.6 is 38.5 Å². The predicted octanol–water partition coefficient (Wildman–Crippen LogP) is 3.09. The Kier molecular flexibility index (Phi) is 3.45. The van der Waals surface area contributed by atoms with E-state index in [-0.39, 0.29) is 10.6 Å². The van der Waals surface area contributed by atoms with Crippen molar-refractivity contribution in [1.29, 1.82) is 0 Å². The van der Waals surface area contributed by atoms with Crippen molar-refractivity contribution >= 4 is 44.2 Å². The molecule has 1 aromatic carbocycles. The molecular weight excluding hydrogens is 337 g/mol. The first kappa shape index (κ1) is 9.91. The maximum atomic E-state index is 10.5. The summed E-state index contributed by atoms with van der Waals surface area (Å²) in [5.74, 6) is 0. The number of nitro groups is 1. The van der Waals surface area contributed by atoms with Crippen LogP contribution in [-0.4, -0.2) is 4.92 Å². The summed E-state index contributed by atoms with van der Waals surface area (Å²) < 4.78 is 1.01. The Labute approximate surface area is 91.6 Å². The molecule has 0 bridgehead atoms. The zero-order valence-electron chi connectivity index (χ0n) is 5.96. The number of hydrogen-bond donors (Lipinski definition) is 0. The summed E-state index contributed by atoms with van der Waals surface area (Å²) in [7, 11) is 0. The van der Waals surface area contributed by atoms with Crippen LogP contribution in [0.2, 0.25) is 0 Å². The van der Waals surface area contributed by atoms with Gasteiger partial charge in [-0.15, -0.1) is 0 Å². The normalized spacial score (nSPS) is 9.83. The molecule has 0 aliphatic heterocycles. The Morgan fingerprint density at radius 3 is 2.75 bits per heavy atom. The maximum absolute atomic E-state index is 10.5. The molecule has 3 nitrogen and oxygen atoms in total. The van der Waals surface area contributed by atoms with Gasteiger partial charge in [-0.05, 0) is 34.7 Å². The summed E-state index contributed by atoms with van der Waals surface area (Å²) in [6, 6.07) is 5.05. The van der Waals surface area contributed by atoms with E-state index >= 15 is 0 Å². The Balaban J connectivity index is 3.20. The second kappa shape index (κ2) is 4.18. The van der Waals surface area contributed by atoms with Crippen molar-refractivity contribution in [1.82, 2.24) is 0 Å². The minimum atomic E-state index is -0.368. The summed E-state index contributed by atoms with van der Waals surface area (Å²) >= 11 is 5.33. The molecule has 64 valence electrons. The lowest BCUT2D eigenvalue weighted by molar-refractivity contribution is -0.385. The summed E-state index contributed by atoms with van der Waals surface area (Å²) in [6.45, 7) is 0. The number of hydrogen-bond acceptors (Lipinski definition) is 2. The van der Waals surface area contributed by atoms with Gasteiger partial charge in [0.25, 0.3) is 5.69 Å². The third-order valence-electron chi connectivity index (χ3n) is 1.38. The van der Waals surface area contributed by atoms with Gasteiger partial charge in [-0.25, -0.2) is 0 Å². The van der Waals surface area contributed by atoms with Gasteiger partial charge in [0.15, 0.2) is 0 Å². The van der Waals surface area contributed by atoms with Crippen LogP contribution in [0.4, 0.5) is 5.69 Å². The fourth-order valence-corrected chi connectivity index (χ4v) is 1.84. The standard InChI is InChI=1S/C7H5BrINO2/c8-4-5-3-6(9)1-2-7(5)10(11)12/h1-3H,4H2. The molecular formula is C7H5BrINO2. The van der Waals surface area contributed by atoms with E-state index in [9.17, 15) is 10.1 Å². The minimum absolute atomic E-state index is 0.173. The van der Waals surface area contributed by atoms with Crippen LogP contribution in [0.5, 0.6) is 0 Å². The smallest absolute Gasteiger partial charge is 0.258 e. The Morgan fingerprint density at radius 1 is 1.58 bits per heavy atom. The highest BCUT2D eigenvalue weighted by Gasteiger charge is 2.11. The first-order valence-electron chi connectivity index (χ1n) is 3.14. The van der Waals surface area contributed by atoms with E-state index in [2.05, 4.69) is 38.5 Å². The Hall–Kier alpha value is -0.170. The summed E-state index contributed by atoms with van der Waals surface area (Å²) in [5.41, 5.74) is 0.888. The quantitative estimate of drug-likeness (QED) is 0.359. The molecule has 0 spiro atoms. The molecule has 0 radical (unpaired) electrons. The van der Waals surface area contributed by atoms with E-state index in [4.69, 9.17) is 0 Å². The Morgan fingerprint density at radius 2 is 2.25 bits per heavy atom. The molecule has 0 aliphatic rings. The fraction of sp³-hybridized carbons (Fsp3) is 0.143. The first-order chi connectivity index (χ1) is 5.65. The molecule has 0 atom stereocenters. The topological polar surface area (TPSA) is 43.1 Å². The van der Waals surface area contributed by atoms with Gasteiger partial charge in [0.2, 0.25) is 0 Å². The summed E-state index contributed by atoms with van der Waals surface area (Å²) in [4.78, 5) is 10.1. The number of benzene rings is 1. The molecule has 1 rings (SSSR count). The second-order valence-corrected chi connectivity index (χ2v) is 3.97. The van der Waals surface area contributed by atoms with Crippen molar-refractivity contribution in [2.24, 2.45) is 0 Å². The third-order valence-corrected chi connectivity index (χ3v) is 2.66. The fourth-order valence-electron chi connectivity index (χ4n) is 0.839. The number of nitrogens with zero attached hydrogens (tertiary/aromatic N) is 1. The highest BCUT2D eigenvalue weighted by Crippen LogP contribution is 2.22. The molecule has 0 N–H and O–H groups in total. The van der Waals surface area contributed by atoms with Gasteiger partial charge in [-0.1, -0.05) is 15.9 Å². The third kappa shape index (κ3) is 2.16. The van der Waals surface area contributed by atoms with Crippen LogP contribution in [0.25, 0.3) is 0 Å². The lowest BCUT2D eigenvalue weighted by Gasteiger charge is -1.98. The zero-order valence-corrected chi connectivity index (χ0v) is 9.70. The number of halogens is 2. The number of alkyl halides is 1. The molecule has 0 saturated carbocycles. The SMILES string of the molecule is O=[N+]([O-])c1ccc(I)cc1CBr. The van der Waals surface area contributed by atoms with Crippen molar-refractivity contribution in [3.63, 3.8) is 0 Å². The Bertz CT molecular complexity index is 316. The van der Waals surface area contributed by atoms with Crippen LogP contribution in [0.3, 0.4) is 0 Å². The monoisotopic (exact) mass is 341 g/mol. The largest absolute Gasteiger partial charge is 0.273 e. The first-order valence-corrected chi connectivity index (χ1v) is 5.34. The van der Waals surface area contributed by atoms with Crippen molar-refractivity contribution < 1.29 is 4.92 Å². The van der Waals surface area contributed by atoms with Gasteiger partial charge in [-0.2, -0.15) is 0 Å². The van der Waals surface area contributed by atoms with Gasteiger partial charge in [-0.3, -0.25) is 10.1 Å². The molecule has 5 heteroatoms. The average Bonchev–Trinajstić information content (AvgIpc) is 2.03. The van der Waals surface area contributed by atoms with Gasteiger partial charge < -0.3 is 0 Å². The van der Waals surface area contributed by atoms with Crippen molar-refractivity contribution in [2.45, 2.75) is 5.33 Å². The van der Waals surface area contributed by atoms with E-state index in [1.54, 1.807) is 12.1 Å². The van der Waals surface area contributed by atoms with Crippen molar-refractivity contribution in [3.8, 4) is 0 Å². The van der Waals surface area contributed by atoms with Crippen LogP contribution < -0.4 is 0 Å². The molecule has 0 unspecified atom stereocenters. The average molecular weight is 342 g/mol. The maximum Gasteiger partial charge on any atom is 0.273 e. The molecule has 0 fully saturated rings. The number of nitro benzene ring substituents is 1. The van der Waals surface area contributed by atoms with Crippen LogP contribution in [0.1, 0.15) is 5.56 Å². The van der Waals surface area contributed by atoms with E-state index in [1.165, 1.54) is 6.07 Å². The molecule has 0 aliphatic carbocycles. The van der Waals surface area contributed by atoms with Crippen LogP contribution in [0.15, 0.2) is 18.2 Å². The lowest BCUT2D eigenvalue weighted by Crippen LogP contribution is -1.93. The van der Waals surface area contributed by atoms with Gasteiger partial charge in [0.1, 0.15) is 0 Å². The van der Waals surface area contributed by atoms with E-state index in [0.29, 0.717) is 10.9 Å². The minimum Gasteiger partial charge on any atom is -0.258 e. The molecule has 1 aromatic rings. The summed E-state index contributed by atoms with van der Waals surface area (Å²) in [5, 5.41) is 11.0. The zero-order chi connectivity index (χ0) is 9.14. The molecule has 0 amide bonds. The van der Waals surface area contributed by atoms with Crippen molar-refractivity contribution in [2.75, 3.05) is 0 Å². The highest BCUT2D eigenvalue weighted by atomic mass is 127. The van der Waals surface area contributed by atoms with Gasteiger partial charge >= 0.3 is 0 Å². The van der Waals surface area contributed by atoms with E-state index in [0.717, 1.165) is 3.57 Å².